The maximum atomic E-state index is 11.2. The normalized spacial score (nSPS) is 11.3. The molecule has 0 unspecified atom stereocenters. The van der Waals surface area contributed by atoms with Crippen LogP contribution in [0.2, 0.25) is 0 Å². The van der Waals surface area contributed by atoms with E-state index in [0.29, 0.717) is 6.61 Å². The van der Waals surface area contributed by atoms with E-state index in [1.54, 1.807) is 17.5 Å². The van der Waals surface area contributed by atoms with Crippen molar-refractivity contribution in [2.24, 2.45) is 5.41 Å². The van der Waals surface area contributed by atoms with Gasteiger partial charge in [-0.05, 0) is 35.7 Å². The number of fused-ring (bicyclic) bond motifs is 1. The SMILES string of the molecule is C=CC(=O)OCC(C)(C)COc1ccc2cc(-c3cccnc3)sc2c1. The molecule has 0 atom stereocenters. The van der Waals surface area contributed by atoms with E-state index in [2.05, 4.69) is 29.8 Å². The van der Waals surface area contributed by atoms with E-state index in [9.17, 15) is 4.79 Å². The molecule has 0 spiro atoms. The number of aromatic nitrogens is 1. The van der Waals surface area contributed by atoms with E-state index in [0.717, 1.165) is 16.0 Å². The van der Waals surface area contributed by atoms with Crippen LogP contribution >= 0.6 is 11.3 Å². The Morgan fingerprint density at radius 2 is 2.12 bits per heavy atom. The van der Waals surface area contributed by atoms with E-state index in [1.807, 2.05) is 38.2 Å². The van der Waals surface area contributed by atoms with Crippen LogP contribution in [-0.4, -0.2) is 24.2 Å². The average Bonchev–Trinajstić information content (AvgIpc) is 3.09. The molecule has 0 bridgehead atoms. The second-order valence-corrected chi connectivity index (χ2v) is 7.90. The van der Waals surface area contributed by atoms with Gasteiger partial charge in [-0.15, -0.1) is 11.3 Å². The summed E-state index contributed by atoms with van der Waals surface area (Å²) >= 11 is 1.71. The van der Waals surface area contributed by atoms with Crippen molar-refractivity contribution < 1.29 is 14.3 Å². The zero-order chi connectivity index (χ0) is 18.6. The van der Waals surface area contributed by atoms with Crippen molar-refractivity contribution in [3.8, 4) is 16.2 Å². The Kier molecular flexibility index (Phi) is 5.38. The maximum Gasteiger partial charge on any atom is 0.330 e. The molecule has 0 N–H and O–H groups in total. The van der Waals surface area contributed by atoms with Crippen LogP contribution in [0.15, 0.2) is 61.4 Å². The van der Waals surface area contributed by atoms with Crippen molar-refractivity contribution in [2.45, 2.75) is 13.8 Å². The van der Waals surface area contributed by atoms with E-state index >= 15 is 0 Å². The smallest absolute Gasteiger partial charge is 0.330 e. The fourth-order valence-corrected chi connectivity index (χ4v) is 3.48. The lowest BCUT2D eigenvalue weighted by atomic mass is 9.96. The molecular weight excluding hydrogens is 346 g/mol. The first-order chi connectivity index (χ1) is 12.5. The predicted octanol–water partition coefficient (Wildman–Crippen LogP) is 5.10. The lowest BCUT2D eigenvalue weighted by molar-refractivity contribution is -0.141. The van der Waals surface area contributed by atoms with Crippen molar-refractivity contribution in [2.75, 3.05) is 13.2 Å². The number of thiophene rings is 1. The number of pyridine rings is 1. The number of esters is 1. The fourth-order valence-electron chi connectivity index (χ4n) is 2.40. The second kappa shape index (κ2) is 7.70. The quantitative estimate of drug-likeness (QED) is 0.431. The van der Waals surface area contributed by atoms with Crippen LogP contribution in [0.25, 0.3) is 20.5 Å². The summed E-state index contributed by atoms with van der Waals surface area (Å²) in [4.78, 5) is 16.6. The number of hydrogen-bond donors (Lipinski definition) is 0. The van der Waals surface area contributed by atoms with Gasteiger partial charge in [0.2, 0.25) is 0 Å². The van der Waals surface area contributed by atoms with Gasteiger partial charge in [-0.25, -0.2) is 4.79 Å². The van der Waals surface area contributed by atoms with Crippen LogP contribution in [0.1, 0.15) is 13.8 Å². The van der Waals surface area contributed by atoms with Crippen LogP contribution in [0, 0.1) is 5.41 Å². The molecule has 0 aliphatic heterocycles. The summed E-state index contributed by atoms with van der Waals surface area (Å²) in [6.45, 7) is 8.12. The highest BCUT2D eigenvalue weighted by Gasteiger charge is 2.21. The Hall–Kier alpha value is -2.66. The van der Waals surface area contributed by atoms with E-state index < -0.39 is 5.97 Å². The number of ether oxygens (including phenoxy) is 2. The zero-order valence-corrected chi connectivity index (χ0v) is 15.7. The van der Waals surface area contributed by atoms with Crippen LogP contribution in [0.4, 0.5) is 0 Å². The highest BCUT2D eigenvalue weighted by atomic mass is 32.1. The molecule has 134 valence electrons. The van der Waals surface area contributed by atoms with E-state index in [-0.39, 0.29) is 12.0 Å². The Morgan fingerprint density at radius 3 is 2.85 bits per heavy atom. The first-order valence-electron chi connectivity index (χ1n) is 8.33. The summed E-state index contributed by atoms with van der Waals surface area (Å²) in [5.41, 5.74) is 0.825. The van der Waals surface area contributed by atoms with Gasteiger partial charge in [0.15, 0.2) is 0 Å². The van der Waals surface area contributed by atoms with Crippen LogP contribution in [0.3, 0.4) is 0 Å². The third-order valence-corrected chi connectivity index (χ3v) is 4.99. The topological polar surface area (TPSA) is 48.4 Å². The van der Waals surface area contributed by atoms with Crippen LogP contribution < -0.4 is 4.74 Å². The minimum atomic E-state index is -0.416. The zero-order valence-electron chi connectivity index (χ0n) is 14.9. The van der Waals surface area contributed by atoms with Gasteiger partial charge in [-0.1, -0.05) is 26.5 Å². The molecule has 26 heavy (non-hydrogen) atoms. The Morgan fingerprint density at radius 1 is 1.27 bits per heavy atom. The number of nitrogens with zero attached hydrogens (tertiary/aromatic N) is 1. The molecule has 0 aliphatic carbocycles. The Labute approximate surface area is 157 Å². The molecule has 0 saturated carbocycles. The molecule has 5 heteroatoms. The fraction of sp³-hybridized carbons (Fsp3) is 0.238. The molecule has 0 aliphatic rings. The molecule has 0 radical (unpaired) electrons. The highest BCUT2D eigenvalue weighted by Crippen LogP contribution is 2.35. The summed E-state index contributed by atoms with van der Waals surface area (Å²) in [5.74, 6) is 0.390. The van der Waals surface area contributed by atoms with Crippen molar-refractivity contribution in [1.29, 1.82) is 0 Å². The maximum absolute atomic E-state index is 11.2. The average molecular weight is 367 g/mol. The molecule has 0 amide bonds. The summed E-state index contributed by atoms with van der Waals surface area (Å²) < 4.78 is 12.2. The summed E-state index contributed by atoms with van der Waals surface area (Å²) in [6, 6.07) is 12.2. The number of carbonyl (C=O) groups is 1. The lowest BCUT2D eigenvalue weighted by Gasteiger charge is -2.24. The van der Waals surface area contributed by atoms with Crippen LogP contribution in [0.5, 0.6) is 5.75 Å². The molecule has 2 heterocycles. The third kappa shape index (κ3) is 4.49. The summed E-state index contributed by atoms with van der Waals surface area (Å²) in [7, 11) is 0. The summed E-state index contributed by atoms with van der Waals surface area (Å²) in [5, 5.41) is 1.18. The minimum Gasteiger partial charge on any atom is -0.493 e. The van der Waals surface area contributed by atoms with E-state index in [1.165, 1.54) is 16.3 Å². The first kappa shape index (κ1) is 18.1. The third-order valence-electron chi connectivity index (χ3n) is 3.84. The standard InChI is InChI=1S/C21H21NO3S/c1-4-20(23)25-14-21(2,3)13-24-17-8-7-15-10-18(26-19(15)11-17)16-6-5-9-22-12-16/h4-12H,1,13-14H2,2-3H3. The molecule has 4 nitrogen and oxygen atoms in total. The number of hydrogen-bond acceptors (Lipinski definition) is 5. The Bertz CT molecular complexity index is 915. The molecule has 0 saturated heterocycles. The molecule has 3 rings (SSSR count). The first-order valence-corrected chi connectivity index (χ1v) is 9.14. The van der Waals surface area contributed by atoms with Crippen molar-refractivity contribution in [3.63, 3.8) is 0 Å². The monoisotopic (exact) mass is 367 g/mol. The molecular formula is C21H21NO3S. The van der Waals surface area contributed by atoms with Gasteiger partial charge < -0.3 is 9.47 Å². The largest absolute Gasteiger partial charge is 0.493 e. The van der Waals surface area contributed by atoms with Crippen molar-refractivity contribution >= 4 is 27.4 Å². The summed E-state index contributed by atoms with van der Waals surface area (Å²) in [6.07, 6.45) is 4.81. The van der Waals surface area contributed by atoms with Gasteiger partial charge in [0, 0.05) is 39.0 Å². The van der Waals surface area contributed by atoms with Crippen molar-refractivity contribution in [1.82, 2.24) is 4.98 Å². The van der Waals surface area contributed by atoms with Crippen molar-refractivity contribution in [3.05, 3.63) is 61.4 Å². The van der Waals surface area contributed by atoms with Gasteiger partial charge in [0.05, 0.1) is 13.2 Å². The second-order valence-electron chi connectivity index (χ2n) is 6.82. The van der Waals surface area contributed by atoms with Gasteiger partial charge in [0.25, 0.3) is 0 Å². The van der Waals surface area contributed by atoms with Crippen LogP contribution in [-0.2, 0) is 9.53 Å². The highest BCUT2D eigenvalue weighted by molar-refractivity contribution is 7.22. The molecule has 2 aromatic heterocycles. The Balaban J connectivity index is 1.69. The van der Waals surface area contributed by atoms with Gasteiger partial charge >= 0.3 is 5.97 Å². The van der Waals surface area contributed by atoms with E-state index in [4.69, 9.17) is 9.47 Å². The van der Waals surface area contributed by atoms with Gasteiger partial charge in [0.1, 0.15) is 5.75 Å². The number of carbonyl (C=O) groups excluding carboxylic acids is 1. The lowest BCUT2D eigenvalue weighted by Crippen LogP contribution is -2.28. The molecule has 1 aromatic carbocycles. The van der Waals surface area contributed by atoms with Gasteiger partial charge in [-0.2, -0.15) is 0 Å². The number of rotatable bonds is 7. The number of benzene rings is 1. The van der Waals surface area contributed by atoms with Gasteiger partial charge in [-0.3, -0.25) is 4.98 Å². The minimum absolute atomic E-state index is 0.282. The molecule has 3 aromatic rings. The predicted molar refractivity (Wildman–Crippen MR) is 105 cm³/mol. The molecule has 0 fully saturated rings.